The van der Waals surface area contributed by atoms with E-state index >= 15 is 0 Å². The Bertz CT molecular complexity index is 990. The van der Waals surface area contributed by atoms with Gasteiger partial charge in [0.05, 0.1) is 0 Å². The Balaban J connectivity index is 1.40. The lowest BCUT2D eigenvalue weighted by Gasteiger charge is -2.29. The van der Waals surface area contributed by atoms with Crippen LogP contribution >= 0.6 is 0 Å². The van der Waals surface area contributed by atoms with E-state index in [1.54, 1.807) is 11.6 Å². The minimum Gasteiger partial charge on any atom is -0.361 e. The number of H-pyrrole nitrogens is 1. The van der Waals surface area contributed by atoms with Crippen LogP contribution in [0.4, 0.5) is 0 Å². The van der Waals surface area contributed by atoms with Crippen LogP contribution in [0.3, 0.4) is 0 Å². The molecule has 0 aliphatic carbocycles. The van der Waals surface area contributed by atoms with Gasteiger partial charge in [-0.3, -0.25) is 14.9 Å². The molecule has 0 saturated heterocycles. The lowest BCUT2D eigenvalue weighted by Crippen LogP contribution is -2.32. The molecular formula is C22H23N3O2. The number of hydrogen-bond donors (Lipinski definition) is 3. The number of aromatic amines is 1. The minimum atomic E-state index is -0.517. The van der Waals surface area contributed by atoms with E-state index in [-0.39, 0.29) is 0 Å². The number of nitrogens with zero attached hydrogens (tertiary/aromatic N) is 1. The number of benzene rings is 2. The first-order valence-corrected chi connectivity index (χ1v) is 9.24. The summed E-state index contributed by atoms with van der Waals surface area (Å²) in [6.45, 7) is 3.04. The molecule has 0 fully saturated rings. The van der Waals surface area contributed by atoms with E-state index in [4.69, 9.17) is 5.21 Å². The van der Waals surface area contributed by atoms with E-state index in [1.807, 2.05) is 6.07 Å². The van der Waals surface area contributed by atoms with Gasteiger partial charge in [-0.25, -0.2) is 5.48 Å². The molecule has 0 saturated carbocycles. The summed E-state index contributed by atoms with van der Waals surface area (Å²) in [5.41, 5.74) is 7.85. The van der Waals surface area contributed by atoms with Crippen molar-refractivity contribution >= 4 is 22.9 Å². The summed E-state index contributed by atoms with van der Waals surface area (Å²) in [7, 11) is 0. The minimum absolute atomic E-state index is 0.517. The molecule has 27 heavy (non-hydrogen) atoms. The van der Waals surface area contributed by atoms with Crippen molar-refractivity contribution in [3.8, 4) is 0 Å². The standard InChI is InChI=1S/C22H23N3O2/c26-22(24-27)8-6-16-5-7-19-15-25(11-9-17(19)13-16)12-10-18-14-23-21-4-2-1-3-20(18)21/h1-8,13-14,23,27H,9-12,15H2,(H,24,26)/b8-6+. The molecule has 1 aliphatic heterocycles. The van der Waals surface area contributed by atoms with Gasteiger partial charge >= 0.3 is 0 Å². The van der Waals surface area contributed by atoms with Crippen molar-refractivity contribution in [3.63, 3.8) is 0 Å². The molecule has 0 spiro atoms. The summed E-state index contributed by atoms with van der Waals surface area (Å²) in [4.78, 5) is 17.0. The summed E-state index contributed by atoms with van der Waals surface area (Å²) >= 11 is 0. The van der Waals surface area contributed by atoms with E-state index in [0.29, 0.717) is 0 Å². The zero-order chi connectivity index (χ0) is 18.6. The van der Waals surface area contributed by atoms with Crippen molar-refractivity contribution in [2.75, 3.05) is 13.1 Å². The van der Waals surface area contributed by atoms with Crippen LogP contribution in [-0.2, 0) is 24.2 Å². The van der Waals surface area contributed by atoms with Gasteiger partial charge in [0, 0.05) is 42.8 Å². The zero-order valence-corrected chi connectivity index (χ0v) is 15.1. The Morgan fingerprint density at radius 3 is 3.00 bits per heavy atom. The van der Waals surface area contributed by atoms with Gasteiger partial charge in [-0.05, 0) is 47.2 Å². The maximum Gasteiger partial charge on any atom is 0.267 e. The van der Waals surface area contributed by atoms with Gasteiger partial charge in [0.1, 0.15) is 0 Å². The van der Waals surface area contributed by atoms with E-state index in [2.05, 4.69) is 52.5 Å². The van der Waals surface area contributed by atoms with Gasteiger partial charge in [-0.2, -0.15) is 0 Å². The van der Waals surface area contributed by atoms with Crippen LogP contribution < -0.4 is 5.48 Å². The highest BCUT2D eigenvalue weighted by atomic mass is 16.5. The second kappa shape index (κ2) is 7.78. The number of hydroxylamine groups is 1. The van der Waals surface area contributed by atoms with Crippen LogP contribution in [-0.4, -0.2) is 34.1 Å². The Hall–Kier alpha value is -2.89. The SMILES string of the molecule is O=C(/C=C/c1ccc2c(c1)CCN(CCc1c[nH]c3ccccc13)C2)NO. The average Bonchev–Trinajstić information content (AvgIpc) is 3.13. The number of aromatic nitrogens is 1. The van der Waals surface area contributed by atoms with Gasteiger partial charge in [0.25, 0.3) is 5.91 Å². The zero-order valence-electron chi connectivity index (χ0n) is 15.1. The highest BCUT2D eigenvalue weighted by molar-refractivity contribution is 5.90. The smallest absolute Gasteiger partial charge is 0.267 e. The van der Waals surface area contributed by atoms with Gasteiger partial charge in [0.15, 0.2) is 0 Å². The number of carbonyl (C=O) groups is 1. The normalized spacial score (nSPS) is 14.6. The highest BCUT2D eigenvalue weighted by Gasteiger charge is 2.16. The third kappa shape index (κ3) is 3.94. The molecule has 1 amide bonds. The number of para-hydroxylation sites is 1. The molecule has 3 N–H and O–H groups in total. The predicted molar refractivity (Wildman–Crippen MR) is 106 cm³/mol. The van der Waals surface area contributed by atoms with Crippen molar-refractivity contribution < 1.29 is 10.0 Å². The molecule has 2 aromatic carbocycles. The first-order valence-electron chi connectivity index (χ1n) is 9.24. The van der Waals surface area contributed by atoms with Crippen molar-refractivity contribution in [1.82, 2.24) is 15.4 Å². The van der Waals surface area contributed by atoms with Crippen LogP contribution in [0.25, 0.3) is 17.0 Å². The summed E-state index contributed by atoms with van der Waals surface area (Å²) in [5.74, 6) is -0.517. The molecule has 5 heteroatoms. The number of fused-ring (bicyclic) bond motifs is 2. The monoisotopic (exact) mass is 361 g/mol. The lowest BCUT2D eigenvalue weighted by atomic mass is 9.96. The van der Waals surface area contributed by atoms with Crippen LogP contribution in [0.15, 0.2) is 54.7 Å². The lowest BCUT2D eigenvalue weighted by molar-refractivity contribution is -0.124. The molecule has 0 atom stereocenters. The Labute approximate surface area is 158 Å². The Kier molecular flexibility index (Phi) is 5.05. The molecule has 1 aromatic heterocycles. The highest BCUT2D eigenvalue weighted by Crippen LogP contribution is 2.23. The van der Waals surface area contributed by atoms with Crippen molar-refractivity contribution in [2.24, 2.45) is 0 Å². The molecule has 0 bridgehead atoms. The van der Waals surface area contributed by atoms with Crippen LogP contribution in [0.2, 0.25) is 0 Å². The average molecular weight is 361 g/mol. The summed E-state index contributed by atoms with van der Waals surface area (Å²) < 4.78 is 0. The largest absolute Gasteiger partial charge is 0.361 e. The topological polar surface area (TPSA) is 68.4 Å². The number of nitrogens with one attached hydrogen (secondary N) is 2. The molecule has 3 aromatic rings. The van der Waals surface area contributed by atoms with Gasteiger partial charge in [0.2, 0.25) is 0 Å². The molecule has 5 nitrogen and oxygen atoms in total. The van der Waals surface area contributed by atoms with E-state index < -0.39 is 5.91 Å². The third-order valence-electron chi connectivity index (χ3n) is 5.23. The van der Waals surface area contributed by atoms with E-state index in [9.17, 15) is 4.79 Å². The van der Waals surface area contributed by atoms with Crippen molar-refractivity contribution in [3.05, 3.63) is 77.0 Å². The quantitative estimate of drug-likeness (QED) is 0.371. The van der Waals surface area contributed by atoms with Crippen LogP contribution in [0.5, 0.6) is 0 Å². The Morgan fingerprint density at radius 1 is 1.22 bits per heavy atom. The van der Waals surface area contributed by atoms with E-state index in [1.165, 1.54) is 33.7 Å². The summed E-state index contributed by atoms with van der Waals surface area (Å²) in [5, 5.41) is 9.87. The number of carbonyl (C=O) groups excluding carboxylic acids is 1. The number of rotatable bonds is 5. The second-order valence-electron chi connectivity index (χ2n) is 6.97. The fraction of sp³-hybridized carbons (Fsp3) is 0.227. The van der Waals surface area contributed by atoms with Crippen molar-refractivity contribution in [2.45, 2.75) is 19.4 Å². The molecule has 138 valence electrons. The van der Waals surface area contributed by atoms with Gasteiger partial charge < -0.3 is 4.98 Å². The first-order chi connectivity index (χ1) is 13.2. The second-order valence-corrected chi connectivity index (χ2v) is 6.97. The molecular weight excluding hydrogens is 338 g/mol. The van der Waals surface area contributed by atoms with Crippen LogP contribution in [0, 0.1) is 0 Å². The Morgan fingerprint density at radius 2 is 2.11 bits per heavy atom. The molecule has 4 rings (SSSR count). The number of hydrogen-bond acceptors (Lipinski definition) is 3. The van der Waals surface area contributed by atoms with E-state index in [0.717, 1.165) is 38.0 Å². The first kappa shape index (κ1) is 17.5. The fourth-order valence-corrected chi connectivity index (χ4v) is 3.75. The third-order valence-corrected chi connectivity index (χ3v) is 5.23. The molecule has 0 radical (unpaired) electrons. The van der Waals surface area contributed by atoms with Gasteiger partial charge in [-0.15, -0.1) is 0 Å². The molecule has 2 heterocycles. The van der Waals surface area contributed by atoms with Crippen LogP contribution in [0.1, 0.15) is 22.3 Å². The predicted octanol–water partition coefficient (Wildman–Crippen LogP) is 3.29. The van der Waals surface area contributed by atoms with Crippen molar-refractivity contribution in [1.29, 1.82) is 0 Å². The summed E-state index contributed by atoms with van der Waals surface area (Å²) in [6.07, 6.45) is 7.23. The molecule has 1 aliphatic rings. The summed E-state index contributed by atoms with van der Waals surface area (Å²) in [6, 6.07) is 14.7. The van der Waals surface area contributed by atoms with Gasteiger partial charge in [-0.1, -0.05) is 36.4 Å². The number of amides is 1. The maximum absolute atomic E-state index is 11.1. The maximum atomic E-state index is 11.1. The fourth-order valence-electron chi connectivity index (χ4n) is 3.75. The molecule has 0 unspecified atom stereocenters.